The van der Waals surface area contributed by atoms with Crippen molar-refractivity contribution in [2.45, 2.75) is 209 Å². The largest absolute Gasteiger partial charge is 0.394 e. The molecule has 0 spiro atoms. The van der Waals surface area contributed by atoms with Crippen LogP contribution in [0.1, 0.15) is 136 Å². The maximum absolute atomic E-state index is 13.0. The van der Waals surface area contributed by atoms with Crippen molar-refractivity contribution in [3.63, 3.8) is 0 Å². The summed E-state index contributed by atoms with van der Waals surface area (Å²) in [5.41, 5.74) is 0. The first-order chi connectivity index (χ1) is 26.6. The lowest BCUT2D eigenvalue weighted by molar-refractivity contribution is -0.359. The number of amides is 1. The number of hydrogen-bond donors (Lipinski definition) is 9. The highest BCUT2D eigenvalue weighted by molar-refractivity contribution is 5.76. The van der Waals surface area contributed by atoms with Crippen LogP contribution in [0.3, 0.4) is 0 Å². The Morgan fingerprint density at radius 3 is 1.85 bits per heavy atom. The molecule has 2 rings (SSSR count). The van der Waals surface area contributed by atoms with Gasteiger partial charge in [-0.25, -0.2) is 0 Å². The fraction of sp³-hybridized carbons (Fsp3) is 0.878. The molecule has 1 amide bonds. The molecule has 2 fully saturated rings. The first kappa shape index (κ1) is 49.6. The molecule has 14 heteroatoms. The summed E-state index contributed by atoms with van der Waals surface area (Å²) < 4.78 is 22.5. The van der Waals surface area contributed by atoms with Gasteiger partial charge < -0.3 is 65.1 Å². The van der Waals surface area contributed by atoms with Crippen LogP contribution in [-0.4, -0.2) is 140 Å². The Hall–Kier alpha value is -1.53. The van der Waals surface area contributed by atoms with E-state index in [9.17, 15) is 45.6 Å². The molecule has 0 aromatic heterocycles. The van der Waals surface area contributed by atoms with Crippen molar-refractivity contribution < 1.29 is 64.6 Å². The van der Waals surface area contributed by atoms with Gasteiger partial charge in [0.1, 0.15) is 48.8 Å². The predicted octanol–water partition coefficient (Wildman–Crippen LogP) is 3.04. The predicted molar refractivity (Wildman–Crippen MR) is 208 cm³/mol. The standard InChI is InChI=1S/C41H75NO13/c1-3-5-7-9-11-12-13-14-15-16-17-18-19-21-23-25-33(46)42-29(30(45)24-22-20-10-8-6-4-2)28-52-40-38(51)36(49)39(32(27-44)54-40)55-41-37(50)35(48)34(47)31(26-43)53-41/h11-12,14-15,29-32,34-41,43-45,47-51H,3-10,13,16-28H2,1-2H3,(H,42,46)/b12-11-,15-14-. The normalized spacial score (nSPS) is 29.9. The number of allylic oxidation sites excluding steroid dienone is 4. The average molecular weight is 790 g/mol. The highest BCUT2D eigenvalue weighted by atomic mass is 16.7. The molecule has 12 atom stereocenters. The molecule has 0 radical (unpaired) electrons. The molecular formula is C41H75NO13. The number of carbonyl (C=O) groups excluding carboxylic acids is 1. The molecule has 55 heavy (non-hydrogen) atoms. The molecule has 14 nitrogen and oxygen atoms in total. The quantitative estimate of drug-likeness (QED) is 0.0377. The molecule has 0 aromatic rings. The summed E-state index contributed by atoms with van der Waals surface area (Å²) in [4.78, 5) is 13.0. The molecule has 12 unspecified atom stereocenters. The first-order valence-electron chi connectivity index (χ1n) is 21.1. The van der Waals surface area contributed by atoms with Crippen molar-refractivity contribution in [3.8, 4) is 0 Å². The van der Waals surface area contributed by atoms with Gasteiger partial charge in [-0.1, -0.05) is 109 Å². The van der Waals surface area contributed by atoms with E-state index in [4.69, 9.17) is 18.9 Å². The van der Waals surface area contributed by atoms with Gasteiger partial charge in [-0.05, 0) is 44.9 Å². The number of aliphatic hydroxyl groups excluding tert-OH is 8. The number of ether oxygens (including phenoxy) is 4. The zero-order valence-corrected chi connectivity index (χ0v) is 33.4. The number of carbonyl (C=O) groups is 1. The Kier molecular flexibility index (Phi) is 26.7. The third-order valence-electron chi connectivity index (χ3n) is 10.4. The highest BCUT2D eigenvalue weighted by Crippen LogP contribution is 2.30. The first-order valence-corrected chi connectivity index (χ1v) is 21.1. The van der Waals surface area contributed by atoms with Gasteiger partial charge >= 0.3 is 0 Å². The highest BCUT2D eigenvalue weighted by Gasteiger charge is 2.50. The summed E-state index contributed by atoms with van der Waals surface area (Å²) in [5.74, 6) is -0.229. The number of aliphatic hydroxyl groups is 8. The van der Waals surface area contributed by atoms with Crippen LogP contribution in [-0.2, 0) is 23.7 Å². The van der Waals surface area contributed by atoms with Crippen molar-refractivity contribution in [3.05, 3.63) is 24.3 Å². The minimum Gasteiger partial charge on any atom is -0.394 e. The number of unbranched alkanes of at least 4 members (excludes halogenated alkanes) is 13. The summed E-state index contributed by atoms with van der Waals surface area (Å²) in [6.45, 7) is 2.70. The van der Waals surface area contributed by atoms with E-state index in [2.05, 4.69) is 43.5 Å². The molecule has 2 heterocycles. The monoisotopic (exact) mass is 790 g/mol. The molecule has 2 aliphatic heterocycles. The van der Waals surface area contributed by atoms with Gasteiger partial charge in [-0.15, -0.1) is 0 Å². The summed E-state index contributed by atoms with van der Waals surface area (Å²) in [5, 5.41) is 86.1. The van der Waals surface area contributed by atoms with Crippen LogP contribution in [0.4, 0.5) is 0 Å². The van der Waals surface area contributed by atoms with Crippen molar-refractivity contribution in [1.29, 1.82) is 0 Å². The van der Waals surface area contributed by atoms with Crippen molar-refractivity contribution >= 4 is 5.91 Å². The van der Waals surface area contributed by atoms with E-state index in [1.54, 1.807) is 0 Å². The van der Waals surface area contributed by atoms with Crippen molar-refractivity contribution in [2.75, 3.05) is 19.8 Å². The van der Waals surface area contributed by atoms with E-state index >= 15 is 0 Å². The zero-order chi connectivity index (χ0) is 40.4. The van der Waals surface area contributed by atoms with E-state index in [0.29, 0.717) is 12.8 Å². The van der Waals surface area contributed by atoms with Gasteiger partial charge in [-0.3, -0.25) is 4.79 Å². The summed E-state index contributed by atoms with van der Waals surface area (Å²) in [7, 11) is 0. The van der Waals surface area contributed by atoms with Crippen LogP contribution >= 0.6 is 0 Å². The molecule has 2 aliphatic rings. The minimum absolute atomic E-state index is 0.229. The Labute approximate surface area is 328 Å². The molecule has 0 bridgehead atoms. The topological polar surface area (TPSA) is 228 Å². The second-order valence-electron chi connectivity index (χ2n) is 15.1. The number of nitrogens with one attached hydrogen (secondary N) is 1. The van der Waals surface area contributed by atoms with E-state index in [1.165, 1.54) is 19.3 Å². The Balaban J connectivity index is 1.87. The second kappa shape index (κ2) is 29.6. The van der Waals surface area contributed by atoms with Gasteiger partial charge in [0.2, 0.25) is 5.91 Å². The summed E-state index contributed by atoms with van der Waals surface area (Å²) in [6, 6.07) is -0.829. The molecule has 0 aliphatic carbocycles. The van der Waals surface area contributed by atoms with Crippen LogP contribution in [0.15, 0.2) is 24.3 Å². The second-order valence-corrected chi connectivity index (χ2v) is 15.1. The van der Waals surface area contributed by atoms with Gasteiger partial charge in [0.25, 0.3) is 0 Å². The Morgan fingerprint density at radius 2 is 1.20 bits per heavy atom. The zero-order valence-electron chi connectivity index (χ0n) is 33.4. The van der Waals surface area contributed by atoms with Gasteiger partial charge in [0.05, 0.1) is 32.0 Å². The SMILES string of the molecule is CCCCC/C=C\C/C=C\CCCCCCCC(=O)NC(COC1OC(CO)C(OC2OC(CO)C(O)C(O)C2O)C(O)C1O)C(O)CCCCCCCC. The summed E-state index contributed by atoms with van der Waals surface area (Å²) >= 11 is 0. The van der Waals surface area contributed by atoms with E-state index in [-0.39, 0.29) is 18.9 Å². The lowest BCUT2D eigenvalue weighted by atomic mass is 9.97. The number of rotatable bonds is 30. The molecule has 9 N–H and O–H groups in total. The van der Waals surface area contributed by atoms with Crippen molar-refractivity contribution in [2.24, 2.45) is 0 Å². The Bertz CT molecular complexity index is 1030. The maximum Gasteiger partial charge on any atom is 0.220 e. The van der Waals surface area contributed by atoms with Crippen molar-refractivity contribution in [1.82, 2.24) is 5.32 Å². The molecular weight excluding hydrogens is 714 g/mol. The Morgan fingerprint density at radius 1 is 0.655 bits per heavy atom. The van der Waals surface area contributed by atoms with Gasteiger partial charge in [0.15, 0.2) is 12.6 Å². The van der Waals surface area contributed by atoms with E-state index in [1.807, 2.05) is 0 Å². The molecule has 0 aromatic carbocycles. The fourth-order valence-electron chi connectivity index (χ4n) is 6.85. The third kappa shape index (κ3) is 18.7. The molecule has 2 saturated heterocycles. The number of hydrogen-bond acceptors (Lipinski definition) is 13. The van der Waals surface area contributed by atoms with E-state index in [0.717, 1.165) is 83.5 Å². The van der Waals surface area contributed by atoms with E-state index < -0.39 is 86.8 Å². The lowest BCUT2D eigenvalue weighted by Gasteiger charge is -2.46. The van der Waals surface area contributed by atoms with Crippen LogP contribution in [0.2, 0.25) is 0 Å². The van der Waals surface area contributed by atoms with Crippen LogP contribution in [0.5, 0.6) is 0 Å². The van der Waals surface area contributed by atoms with Gasteiger partial charge in [-0.2, -0.15) is 0 Å². The van der Waals surface area contributed by atoms with Gasteiger partial charge in [0, 0.05) is 6.42 Å². The molecule has 322 valence electrons. The third-order valence-corrected chi connectivity index (χ3v) is 10.4. The lowest BCUT2D eigenvalue weighted by Crippen LogP contribution is -2.65. The summed E-state index contributed by atoms with van der Waals surface area (Å²) in [6.07, 6.45) is 10.9. The average Bonchev–Trinajstić information content (AvgIpc) is 3.18. The van der Waals surface area contributed by atoms with Crippen LogP contribution in [0.25, 0.3) is 0 Å². The van der Waals surface area contributed by atoms with Crippen LogP contribution in [0, 0.1) is 0 Å². The minimum atomic E-state index is -1.78. The maximum atomic E-state index is 13.0. The smallest absolute Gasteiger partial charge is 0.220 e. The molecule has 0 saturated carbocycles. The fourth-order valence-corrected chi connectivity index (χ4v) is 6.85. The van der Waals surface area contributed by atoms with Crippen LogP contribution < -0.4 is 5.32 Å².